The normalized spacial score (nSPS) is 25.2. The molecule has 1 saturated heterocycles. The second kappa shape index (κ2) is 4.91. The SMILES string of the molecule is COc1cccc2c1OC1(C)CC2NC(=O)N1c1ccccc1. The van der Waals surface area contributed by atoms with E-state index in [1.54, 1.807) is 12.0 Å². The molecule has 0 radical (unpaired) electrons. The molecule has 2 amide bonds. The second-order valence-electron chi connectivity index (χ2n) is 6.03. The summed E-state index contributed by atoms with van der Waals surface area (Å²) in [6.07, 6.45) is 0.674. The van der Waals surface area contributed by atoms with Gasteiger partial charge in [0.25, 0.3) is 0 Å². The number of methoxy groups -OCH3 is 1. The lowest BCUT2D eigenvalue weighted by atomic mass is 9.90. The van der Waals surface area contributed by atoms with Crippen molar-refractivity contribution in [1.29, 1.82) is 0 Å². The molecule has 1 fully saturated rings. The topological polar surface area (TPSA) is 50.8 Å². The average Bonchev–Trinajstić information content (AvgIpc) is 2.54. The van der Waals surface area contributed by atoms with E-state index in [-0.39, 0.29) is 12.1 Å². The number of amides is 2. The van der Waals surface area contributed by atoms with Crippen LogP contribution in [0.3, 0.4) is 0 Å². The van der Waals surface area contributed by atoms with E-state index >= 15 is 0 Å². The van der Waals surface area contributed by atoms with E-state index in [0.717, 1.165) is 11.3 Å². The monoisotopic (exact) mass is 310 g/mol. The number of hydrogen-bond donors (Lipinski definition) is 1. The first-order chi connectivity index (χ1) is 11.1. The van der Waals surface area contributed by atoms with E-state index in [9.17, 15) is 4.79 Å². The lowest BCUT2D eigenvalue weighted by Gasteiger charge is -2.50. The molecular weight excluding hydrogens is 292 g/mol. The maximum absolute atomic E-state index is 12.7. The number of nitrogens with zero attached hydrogens (tertiary/aromatic N) is 1. The van der Waals surface area contributed by atoms with Crippen LogP contribution in [0.2, 0.25) is 0 Å². The third-order valence-electron chi connectivity index (χ3n) is 4.50. The van der Waals surface area contributed by atoms with Crippen LogP contribution >= 0.6 is 0 Å². The Hall–Kier alpha value is -2.69. The molecule has 4 rings (SSSR count). The van der Waals surface area contributed by atoms with Gasteiger partial charge in [-0.3, -0.25) is 4.90 Å². The Morgan fingerprint density at radius 1 is 1.22 bits per heavy atom. The maximum atomic E-state index is 12.7. The minimum absolute atomic E-state index is 0.0775. The van der Waals surface area contributed by atoms with Gasteiger partial charge in [0.15, 0.2) is 17.2 Å². The van der Waals surface area contributed by atoms with Crippen LogP contribution < -0.4 is 19.7 Å². The number of anilines is 1. The number of nitrogens with one attached hydrogen (secondary N) is 1. The first-order valence-electron chi connectivity index (χ1n) is 7.64. The number of hydrogen-bond acceptors (Lipinski definition) is 3. The van der Waals surface area contributed by atoms with Gasteiger partial charge >= 0.3 is 6.03 Å². The van der Waals surface area contributed by atoms with Gasteiger partial charge in [0.05, 0.1) is 13.2 Å². The van der Waals surface area contributed by atoms with Crippen LogP contribution in [0.5, 0.6) is 11.5 Å². The molecule has 2 heterocycles. The van der Waals surface area contributed by atoms with Crippen LogP contribution in [-0.2, 0) is 0 Å². The van der Waals surface area contributed by atoms with E-state index in [1.165, 1.54) is 0 Å². The Kier molecular flexibility index (Phi) is 2.98. The lowest BCUT2D eigenvalue weighted by Crippen LogP contribution is -2.65. The largest absolute Gasteiger partial charge is 0.493 e. The molecule has 0 saturated carbocycles. The van der Waals surface area contributed by atoms with Crippen molar-refractivity contribution in [2.24, 2.45) is 0 Å². The summed E-state index contributed by atoms with van der Waals surface area (Å²) in [5.74, 6) is 1.39. The van der Waals surface area contributed by atoms with Crippen molar-refractivity contribution in [1.82, 2.24) is 5.32 Å². The van der Waals surface area contributed by atoms with E-state index in [0.29, 0.717) is 17.9 Å². The molecule has 5 heteroatoms. The van der Waals surface area contributed by atoms with Gasteiger partial charge in [0, 0.05) is 17.7 Å². The van der Waals surface area contributed by atoms with Gasteiger partial charge in [-0.2, -0.15) is 0 Å². The highest BCUT2D eigenvalue weighted by Crippen LogP contribution is 2.48. The van der Waals surface area contributed by atoms with Crippen molar-refractivity contribution in [3.63, 3.8) is 0 Å². The van der Waals surface area contributed by atoms with Crippen molar-refractivity contribution in [2.45, 2.75) is 25.1 Å². The second-order valence-corrected chi connectivity index (χ2v) is 6.03. The fourth-order valence-electron chi connectivity index (χ4n) is 3.49. The highest BCUT2D eigenvalue weighted by Gasteiger charge is 2.50. The van der Waals surface area contributed by atoms with Gasteiger partial charge in [-0.1, -0.05) is 30.3 Å². The van der Waals surface area contributed by atoms with Crippen molar-refractivity contribution < 1.29 is 14.3 Å². The molecule has 1 N–H and O–H groups in total. The smallest absolute Gasteiger partial charge is 0.325 e. The van der Waals surface area contributed by atoms with Gasteiger partial charge in [-0.15, -0.1) is 0 Å². The van der Waals surface area contributed by atoms with Crippen LogP contribution in [0.1, 0.15) is 24.9 Å². The summed E-state index contributed by atoms with van der Waals surface area (Å²) in [6.45, 7) is 1.95. The molecule has 2 unspecified atom stereocenters. The molecule has 118 valence electrons. The van der Waals surface area contributed by atoms with Crippen molar-refractivity contribution in [3.8, 4) is 11.5 Å². The summed E-state index contributed by atoms with van der Waals surface area (Å²) in [6, 6.07) is 15.1. The molecule has 2 bridgehead atoms. The summed E-state index contributed by atoms with van der Waals surface area (Å²) >= 11 is 0. The van der Waals surface area contributed by atoms with E-state index in [2.05, 4.69) is 5.32 Å². The Labute approximate surface area is 134 Å². The zero-order valence-electron chi connectivity index (χ0n) is 13.1. The van der Waals surface area contributed by atoms with Crippen LogP contribution in [0, 0.1) is 0 Å². The standard InChI is InChI=1S/C18H18N2O3/c1-18-11-14(13-9-6-10-15(22-2)16(13)23-18)19-17(21)20(18)12-7-4-3-5-8-12/h3-10,14H,11H2,1-2H3,(H,19,21). The van der Waals surface area contributed by atoms with Crippen molar-refractivity contribution in [2.75, 3.05) is 12.0 Å². The van der Waals surface area contributed by atoms with Gasteiger partial charge in [-0.25, -0.2) is 4.79 Å². The number of fused-ring (bicyclic) bond motifs is 4. The van der Waals surface area contributed by atoms with E-state index < -0.39 is 5.72 Å². The van der Waals surface area contributed by atoms with Crippen LogP contribution in [0.4, 0.5) is 10.5 Å². The highest BCUT2D eigenvalue weighted by molar-refractivity contribution is 5.95. The molecule has 2 aromatic carbocycles. The molecule has 0 aliphatic carbocycles. The van der Waals surface area contributed by atoms with Gasteiger partial charge in [0.2, 0.25) is 0 Å². The van der Waals surface area contributed by atoms with Crippen LogP contribution in [0.15, 0.2) is 48.5 Å². The molecule has 2 aromatic rings. The summed E-state index contributed by atoms with van der Waals surface area (Å²) < 4.78 is 11.7. The van der Waals surface area contributed by atoms with E-state index in [4.69, 9.17) is 9.47 Å². The summed E-state index contributed by atoms with van der Waals surface area (Å²) in [5, 5.41) is 3.08. The fourth-order valence-corrected chi connectivity index (χ4v) is 3.49. The molecular formula is C18H18N2O3. The number of rotatable bonds is 2. The Morgan fingerprint density at radius 2 is 2.00 bits per heavy atom. The van der Waals surface area contributed by atoms with Crippen molar-refractivity contribution in [3.05, 3.63) is 54.1 Å². The molecule has 0 spiro atoms. The minimum atomic E-state index is -0.754. The minimum Gasteiger partial charge on any atom is -0.493 e. The average molecular weight is 310 g/mol. The Bertz CT molecular complexity index is 762. The number of ether oxygens (including phenoxy) is 2. The maximum Gasteiger partial charge on any atom is 0.325 e. The van der Waals surface area contributed by atoms with Gasteiger partial charge in [0.1, 0.15) is 0 Å². The number of carbonyl (C=O) groups is 1. The lowest BCUT2D eigenvalue weighted by molar-refractivity contribution is 0.0349. The van der Waals surface area contributed by atoms with Gasteiger partial charge in [-0.05, 0) is 25.1 Å². The molecule has 2 aliphatic heterocycles. The first kappa shape index (κ1) is 13.9. The quantitative estimate of drug-likeness (QED) is 0.924. The zero-order valence-corrected chi connectivity index (χ0v) is 13.1. The van der Waals surface area contributed by atoms with Crippen molar-refractivity contribution >= 4 is 11.7 Å². The highest BCUT2D eigenvalue weighted by atomic mass is 16.5. The predicted molar refractivity (Wildman–Crippen MR) is 86.8 cm³/mol. The number of urea groups is 1. The number of para-hydroxylation sites is 2. The summed E-state index contributed by atoms with van der Waals surface area (Å²) in [7, 11) is 1.62. The molecule has 2 aliphatic rings. The zero-order chi connectivity index (χ0) is 16.0. The molecule has 23 heavy (non-hydrogen) atoms. The predicted octanol–water partition coefficient (Wildman–Crippen LogP) is 3.46. The fraction of sp³-hybridized carbons (Fsp3) is 0.278. The molecule has 0 aromatic heterocycles. The third-order valence-corrected chi connectivity index (χ3v) is 4.50. The summed E-state index contributed by atoms with van der Waals surface area (Å²) in [5.41, 5.74) is 1.02. The van der Waals surface area contributed by atoms with Crippen LogP contribution in [0.25, 0.3) is 0 Å². The van der Waals surface area contributed by atoms with E-state index in [1.807, 2.05) is 55.5 Å². The number of benzene rings is 2. The van der Waals surface area contributed by atoms with Crippen LogP contribution in [-0.4, -0.2) is 18.9 Å². The Morgan fingerprint density at radius 3 is 2.74 bits per heavy atom. The first-order valence-corrected chi connectivity index (χ1v) is 7.64. The Balaban J connectivity index is 1.83. The summed E-state index contributed by atoms with van der Waals surface area (Å²) in [4.78, 5) is 14.4. The number of carbonyl (C=O) groups excluding carboxylic acids is 1. The molecule has 5 nitrogen and oxygen atoms in total. The van der Waals surface area contributed by atoms with Gasteiger partial charge < -0.3 is 14.8 Å². The molecule has 2 atom stereocenters. The third kappa shape index (κ3) is 2.04.